The second-order valence-corrected chi connectivity index (χ2v) is 9.65. The number of hydrogen-bond donors (Lipinski definition) is 1. The molecule has 1 fully saturated rings. The van der Waals surface area contributed by atoms with Crippen molar-refractivity contribution >= 4 is 34.0 Å². The number of carbonyl (C=O) groups is 1. The van der Waals surface area contributed by atoms with E-state index in [1.165, 1.54) is 11.1 Å². The summed E-state index contributed by atoms with van der Waals surface area (Å²) in [5.41, 5.74) is 10.2. The molecule has 0 radical (unpaired) electrons. The zero-order valence-corrected chi connectivity index (χ0v) is 20.5. The Hall–Kier alpha value is -2.86. The second-order valence-electron chi connectivity index (χ2n) is 9.27. The number of fused-ring (bicyclic) bond motifs is 1. The van der Waals surface area contributed by atoms with E-state index < -0.39 is 0 Å². The number of ether oxygens (including phenoxy) is 1. The lowest BCUT2D eigenvalue weighted by atomic mass is 9.96. The Labute approximate surface area is 201 Å². The SMILES string of the molecule is Cc1ccc(C(C)C)c(OCCn2cc(C(=S)N3CCC(C(N)=O)CC3)c3ccccc32)c1. The van der Waals surface area contributed by atoms with Crippen molar-refractivity contribution in [3.63, 3.8) is 0 Å². The van der Waals surface area contributed by atoms with Crippen molar-refractivity contribution in [2.24, 2.45) is 11.7 Å². The number of hydrogen-bond acceptors (Lipinski definition) is 3. The number of nitrogens with two attached hydrogens (primary N) is 1. The molecule has 0 atom stereocenters. The van der Waals surface area contributed by atoms with Crippen LogP contribution < -0.4 is 10.5 Å². The van der Waals surface area contributed by atoms with E-state index in [2.05, 4.69) is 78.9 Å². The highest BCUT2D eigenvalue weighted by Crippen LogP contribution is 2.29. The highest BCUT2D eigenvalue weighted by atomic mass is 32.1. The van der Waals surface area contributed by atoms with Gasteiger partial charge in [0.25, 0.3) is 0 Å². The van der Waals surface area contributed by atoms with Gasteiger partial charge < -0.3 is 19.9 Å². The van der Waals surface area contributed by atoms with Crippen LogP contribution in [-0.4, -0.2) is 40.1 Å². The minimum Gasteiger partial charge on any atom is -0.491 e. The van der Waals surface area contributed by atoms with Gasteiger partial charge in [-0.25, -0.2) is 0 Å². The number of para-hydroxylation sites is 1. The summed E-state index contributed by atoms with van der Waals surface area (Å²) in [6, 6.07) is 14.8. The third-order valence-electron chi connectivity index (χ3n) is 6.58. The van der Waals surface area contributed by atoms with Gasteiger partial charge >= 0.3 is 0 Å². The topological polar surface area (TPSA) is 60.5 Å². The fraction of sp³-hybridized carbons (Fsp3) is 0.407. The molecule has 2 heterocycles. The first kappa shape index (κ1) is 23.3. The lowest BCUT2D eigenvalue weighted by Crippen LogP contribution is -2.41. The third-order valence-corrected chi connectivity index (χ3v) is 7.06. The highest BCUT2D eigenvalue weighted by Gasteiger charge is 2.26. The van der Waals surface area contributed by atoms with Crippen LogP contribution in [0.3, 0.4) is 0 Å². The van der Waals surface area contributed by atoms with Crippen LogP contribution in [0.15, 0.2) is 48.7 Å². The molecule has 0 bridgehead atoms. The molecular weight excluding hydrogens is 430 g/mol. The molecule has 5 nitrogen and oxygen atoms in total. The van der Waals surface area contributed by atoms with Crippen molar-refractivity contribution in [3.8, 4) is 5.75 Å². The van der Waals surface area contributed by atoms with Gasteiger partial charge in [0.15, 0.2) is 0 Å². The van der Waals surface area contributed by atoms with Crippen LogP contribution in [0.25, 0.3) is 10.9 Å². The number of thiocarbonyl (C=S) groups is 1. The molecule has 0 aliphatic carbocycles. The summed E-state index contributed by atoms with van der Waals surface area (Å²) in [5, 5.41) is 1.15. The smallest absolute Gasteiger partial charge is 0.220 e. The molecule has 2 aromatic carbocycles. The van der Waals surface area contributed by atoms with Gasteiger partial charge in [0, 0.05) is 41.7 Å². The monoisotopic (exact) mass is 463 g/mol. The molecule has 33 heavy (non-hydrogen) atoms. The molecule has 0 unspecified atom stereocenters. The van der Waals surface area contributed by atoms with E-state index in [-0.39, 0.29) is 11.8 Å². The van der Waals surface area contributed by atoms with Crippen molar-refractivity contribution in [2.45, 2.75) is 46.1 Å². The number of carbonyl (C=O) groups excluding carboxylic acids is 1. The summed E-state index contributed by atoms with van der Waals surface area (Å²) in [6.45, 7) is 9.32. The van der Waals surface area contributed by atoms with E-state index in [1.54, 1.807) is 0 Å². The second kappa shape index (κ2) is 9.96. The summed E-state index contributed by atoms with van der Waals surface area (Å²) in [6.07, 6.45) is 3.67. The first-order valence-electron chi connectivity index (χ1n) is 11.7. The first-order chi connectivity index (χ1) is 15.8. The Bertz CT molecular complexity index is 1160. The van der Waals surface area contributed by atoms with Gasteiger partial charge in [-0.2, -0.15) is 0 Å². The molecule has 0 saturated carbocycles. The maximum absolute atomic E-state index is 11.5. The Morgan fingerprint density at radius 2 is 1.91 bits per heavy atom. The maximum atomic E-state index is 11.5. The molecular formula is C27H33N3O2S. The van der Waals surface area contributed by atoms with Crippen molar-refractivity contribution in [1.29, 1.82) is 0 Å². The minimum atomic E-state index is -0.202. The predicted octanol–water partition coefficient (Wildman–Crippen LogP) is 5.02. The molecule has 1 saturated heterocycles. The molecule has 1 aromatic heterocycles. The summed E-state index contributed by atoms with van der Waals surface area (Å²) in [4.78, 5) is 14.6. The normalized spacial score (nSPS) is 14.7. The molecule has 1 aliphatic heterocycles. The molecule has 1 aliphatic rings. The fourth-order valence-electron chi connectivity index (χ4n) is 4.64. The average Bonchev–Trinajstić information content (AvgIpc) is 3.17. The number of nitrogens with zero attached hydrogens (tertiary/aromatic N) is 2. The van der Waals surface area contributed by atoms with Crippen LogP contribution in [0.2, 0.25) is 0 Å². The first-order valence-corrected chi connectivity index (χ1v) is 12.2. The molecule has 4 rings (SSSR count). The third kappa shape index (κ3) is 5.06. The van der Waals surface area contributed by atoms with Gasteiger partial charge in [-0.15, -0.1) is 0 Å². The number of piperidine rings is 1. The van der Waals surface area contributed by atoms with Gasteiger partial charge in [0.1, 0.15) is 17.3 Å². The number of primary amides is 1. The van der Waals surface area contributed by atoms with E-state index in [0.29, 0.717) is 12.5 Å². The van der Waals surface area contributed by atoms with E-state index in [1.807, 2.05) is 0 Å². The highest BCUT2D eigenvalue weighted by molar-refractivity contribution is 7.80. The quantitative estimate of drug-likeness (QED) is 0.500. The Balaban J connectivity index is 1.51. The van der Waals surface area contributed by atoms with Crippen molar-refractivity contribution in [2.75, 3.05) is 19.7 Å². The van der Waals surface area contributed by atoms with Gasteiger partial charge in [-0.3, -0.25) is 4.79 Å². The van der Waals surface area contributed by atoms with Crippen LogP contribution in [0.5, 0.6) is 5.75 Å². The van der Waals surface area contributed by atoms with E-state index in [0.717, 1.165) is 59.7 Å². The Kier molecular flexibility index (Phi) is 7.03. The van der Waals surface area contributed by atoms with Crippen LogP contribution in [-0.2, 0) is 11.3 Å². The summed E-state index contributed by atoms with van der Waals surface area (Å²) < 4.78 is 8.48. The van der Waals surface area contributed by atoms with Gasteiger partial charge in [-0.05, 0) is 48.9 Å². The number of benzene rings is 2. The molecule has 1 amide bonds. The van der Waals surface area contributed by atoms with Crippen molar-refractivity contribution in [1.82, 2.24) is 9.47 Å². The number of rotatable bonds is 7. The van der Waals surface area contributed by atoms with E-state index >= 15 is 0 Å². The van der Waals surface area contributed by atoms with Crippen LogP contribution in [0.4, 0.5) is 0 Å². The number of aromatic nitrogens is 1. The fourth-order valence-corrected chi connectivity index (χ4v) is 4.98. The maximum Gasteiger partial charge on any atom is 0.220 e. The number of amides is 1. The molecule has 3 aromatic rings. The number of aryl methyl sites for hydroxylation is 1. The number of likely N-dealkylation sites (tertiary alicyclic amines) is 1. The molecule has 6 heteroatoms. The lowest BCUT2D eigenvalue weighted by Gasteiger charge is -2.32. The van der Waals surface area contributed by atoms with Crippen LogP contribution in [0, 0.1) is 12.8 Å². The molecule has 174 valence electrons. The molecule has 0 spiro atoms. The van der Waals surface area contributed by atoms with Gasteiger partial charge in [-0.1, -0.05) is 56.4 Å². The Morgan fingerprint density at radius 3 is 2.61 bits per heavy atom. The van der Waals surface area contributed by atoms with Crippen molar-refractivity contribution < 1.29 is 9.53 Å². The van der Waals surface area contributed by atoms with E-state index in [4.69, 9.17) is 22.7 Å². The van der Waals surface area contributed by atoms with Crippen molar-refractivity contribution in [3.05, 3.63) is 65.4 Å². The largest absolute Gasteiger partial charge is 0.491 e. The minimum absolute atomic E-state index is 0.0418. The standard InChI is InChI=1S/C27H33N3O2S/c1-18(2)21-9-8-19(3)16-25(21)32-15-14-30-17-23(22-6-4-5-7-24(22)30)27(33)29-12-10-20(11-13-29)26(28)31/h4-9,16-18,20H,10-15H2,1-3H3,(H2,28,31). The van der Waals surface area contributed by atoms with Crippen LogP contribution in [0.1, 0.15) is 49.3 Å². The summed E-state index contributed by atoms with van der Waals surface area (Å²) in [7, 11) is 0. The summed E-state index contributed by atoms with van der Waals surface area (Å²) in [5.74, 6) is 1.14. The van der Waals surface area contributed by atoms with Gasteiger partial charge in [0.05, 0.1) is 6.54 Å². The van der Waals surface area contributed by atoms with Gasteiger partial charge in [0.2, 0.25) is 5.91 Å². The van der Waals surface area contributed by atoms with Crippen LogP contribution >= 0.6 is 12.2 Å². The lowest BCUT2D eigenvalue weighted by molar-refractivity contribution is -0.122. The zero-order chi connectivity index (χ0) is 23.5. The summed E-state index contributed by atoms with van der Waals surface area (Å²) >= 11 is 5.90. The Morgan fingerprint density at radius 1 is 1.18 bits per heavy atom. The molecule has 2 N–H and O–H groups in total. The zero-order valence-electron chi connectivity index (χ0n) is 19.7. The average molecular weight is 464 g/mol. The van der Waals surface area contributed by atoms with E-state index in [9.17, 15) is 4.79 Å². The predicted molar refractivity (Wildman–Crippen MR) is 138 cm³/mol.